The number of aliphatic hydroxyl groups is 1. The van der Waals surface area contributed by atoms with E-state index in [1.165, 1.54) is 44.9 Å². The molecule has 0 spiro atoms. The Morgan fingerprint density at radius 3 is 2.09 bits per heavy atom. The summed E-state index contributed by atoms with van der Waals surface area (Å²) in [6.07, 6.45) is 23.1. The van der Waals surface area contributed by atoms with Crippen molar-refractivity contribution in [1.29, 1.82) is 0 Å². The van der Waals surface area contributed by atoms with Crippen molar-refractivity contribution < 1.29 is 33.1 Å². The molecule has 0 aromatic carbocycles. The summed E-state index contributed by atoms with van der Waals surface area (Å²) in [5.74, 6) is -0.458. The summed E-state index contributed by atoms with van der Waals surface area (Å²) >= 11 is 0. The van der Waals surface area contributed by atoms with Crippen molar-refractivity contribution in [2.45, 2.75) is 103 Å². The van der Waals surface area contributed by atoms with E-state index in [0.717, 1.165) is 32.1 Å². The van der Waals surface area contributed by atoms with Crippen LogP contribution < -0.4 is 5.73 Å². The molecule has 0 rings (SSSR count). The maximum absolute atomic E-state index is 11.9. The number of phosphoric ester groups is 1. The van der Waals surface area contributed by atoms with Crippen molar-refractivity contribution in [1.82, 2.24) is 0 Å². The fraction of sp³-hybridized carbons (Fsp3) is 0.800. The molecule has 0 heterocycles. The summed E-state index contributed by atoms with van der Waals surface area (Å²) in [6, 6.07) is 0. The van der Waals surface area contributed by atoms with Crippen molar-refractivity contribution in [2.75, 3.05) is 26.4 Å². The molecule has 8 nitrogen and oxygen atoms in total. The number of aliphatic hydroxyl groups excluding tert-OH is 1. The number of phosphoric acid groups is 1. The van der Waals surface area contributed by atoms with Gasteiger partial charge < -0.3 is 20.5 Å². The van der Waals surface area contributed by atoms with Crippen LogP contribution in [0.25, 0.3) is 0 Å². The van der Waals surface area contributed by atoms with Crippen LogP contribution >= 0.6 is 7.82 Å². The minimum Gasteiger partial charge on any atom is -0.457 e. The molecule has 0 bridgehead atoms. The highest BCUT2D eigenvalue weighted by atomic mass is 31.2. The first-order chi connectivity index (χ1) is 16.4. The molecular weight excluding hydrogens is 457 g/mol. The highest BCUT2D eigenvalue weighted by molar-refractivity contribution is 7.47. The molecule has 0 saturated heterocycles. The van der Waals surface area contributed by atoms with Crippen molar-refractivity contribution >= 4 is 13.8 Å². The van der Waals surface area contributed by atoms with E-state index in [2.05, 4.69) is 35.8 Å². The maximum atomic E-state index is 11.9. The molecular formula is C25H48NO7P. The van der Waals surface area contributed by atoms with Gasteiger partial charge in [0.25, 0.3) is 0 Å². The second-order valence-electron chi connectivity index (χ2n) is 8.37. The number of ether oxygens (including phenoxy) is 1. The normalized spacial score (nSPS) is 14.6. The molecule has 4 N–H and O–H groups in total. The first kappa shape index (κ1) is 33.0. The van der Waals surface area contributed by atoms with E-state index in [9.17, 15) is 19.4 Å². The van der Waals surface area contributed by atoms with Gasteiger partial charge in [-0.25, -0.2) is 4.57 Å². The number of nitrogens with two attached hydrogens (primary N) is 1. The third-order valence-electron chi connectivity index (χ3n) is 5.13. The summed E-state index contributed by atoms with van der Waals surface area (Å²) in [5.41, 5.74) is 5.19. The Kier molecular flexibility index (Phi) is 23.0. The zero-order valence-corrected chi connectivity index (χ0v) is 22.0. The molecule has 0 radical (unpaired) electrons. The van der Waals surface area contributed by atoms with E-state index in [4.69, 9.17) is 15.0 Å². The van der Waals surface area contributed by atoms with E-state index >= 15 is 0 Å². The number of hydrogen-bond donors (Lipinski definition) is 3. The van der Waals surface area contributed by atoms with Crippen LogP contribution in [0.1, 0.15) is 96.8 Å². The number of rotatable bonds is 24. The monoisotopic (exact) mass is 505 g/mol. The first-order valence-corrected chi connectivity index (χ1v) is 14.4. The Morgan fingerprint density at radius 2 is 1.50 bits per heavy atom. The van der Waals surface area contributed by atoms with E-state index < -0.39 is 33.1 Å². The fourth-order valence-corrected chi connectivity index (χ4v) is 3.95. The molecule has 0 amide bonds. The molecule has 0 fully saturated rings. The Bertz CT molecular complexity index is 584. The van der Waals surface area contributed by atoms with Crippen LogP contribution in [-0.2, 0) is 23.1 Å². The molecule has 200 valence electrons. The predicted octanol–water partition coefficient (Wildman–Crippen LogP) is 5.58. The molecule has 0 aliphatic heterocycles. The number of allylic oxidation sites excluding steroid dienone is 4. The van der Waals surface area contributed by atoms with Crippen LogP contribution in [0, 0.1) is 0 Å². The van der Waals surface area contributed by atoms with Gasteiger partial charge in [0.1, 0.15) is 6.10 Å². The van der Waals surface area contributed by atoms with Crippen molar-refractivity contribution in [3.8, 4) is 0 Å². The zero-order valence-electron chi connectivity index (χ0n) is 21.1. The predicted molar refractivity (Wildman–Crippen MR) is 136 cm³/mol. The van der Waals surface area contributed by atoms with Crippen LogP contribution in [0.2, 0.25) is 0 Å². The van der Waals surface area contributed by atoms with Gasteiger partial charge in [0.15, 0.2) is 0 Å². The summed E-state index contributed by atoms with van der Waals surface area (Å²) in [4.78, 5) is 21.3. The van der Waals surface area contributed by atoms with Crippen LogP contribution in [-0.4, -0.2) is 48.4 Å². The molecule has 0 aliphatic rings. The molecule has 34 heavy (non-hydrogen) atoms. The van der Waals surface area contributed by atoms with Crippen LogP contribution in [0.5, 0.6) is 0 Å². The number of unbranched alkanes of at least 4 members (excludes halogenated alkanes) is 10. The average Bonchev–Trinajstić information content (AvgIpc) is 2.82. The summed E-state index contributed by atoms with van der Waals surface area (Å²) < 4.78 is 25.9. The zero-order chi connectivity index (χ0) is 25.3. The average molecular weight is 506 g/mol. The lowest BCUT2D eigenvalue weighted by molar-refractivity contribution is -0.153. The van der Waals surface area contributed by atoms with Crippen LogP contribution in [0.3, 0.4) is 0 Å². The van der Waals surface area contributed by atoms with Gasteiger partial charge in [0.05, 0.1) is 19.8 Å². The van der Waals surface area contributed by atoms with Crippen molar-refractivity contribution in [2.24, 2.45) is 5.73 Å². The Hall–Kier alpha value is -1.02. The second kappa shape index (κ2) is 23.7. The van der Waals surface area contributed by atoms with E-state index in [1.807, 2.05) is 0 Å². The molecule has 0 aliphatic carbocycles. The van der Waals surface area contributed by atoms with Crippen molar-refractivity contribution in [3.63, 3.8) is 0 Å². The minimum atomic E-state index is -4.26. The Morgan fingerprint density at radius 1 is 0.912 bits per heavy atom. The topological polar surface area (TPSA) is 128 Å². The first-order valence-electron chi connectivity index (χ1n) is 12.9. The SMILES string of the molecule is CCCCC/C=C\C/C=C\CCCCCCCCCC(=O)O[C@H](CO)COP(=O)(O)OCCN. The highest BCUT2D eigenvalue weighted by Gasteiger charge is 2.24. The Labute approximate surface area is 206 Å². The number of esters is 1. The third kappa shape index (κ3) is 22.8. The largest absolute Gasteiger partial charge is 0.472 e. The highest BCUT2D eigenvalue weighted by Crippen LogP contribution is 2.42. The van der Waals surface area contributed by atoms with Gasteiger partial charge in [-0.2, -0.15) is 0 Å². The maximum Gasteiger partial charge on any atom is 0.472 e. The van der Waals surface area contributed by atoms with E-state index in [-0.39, 0.29) is 19.6 Å². The molecule has 2 atom stereocenters. The van der Waals surface area contributed by atoms with Gasteiger partial charge in [-0.3, -0.25) is 13.8 Å². The van der Waals surface area contributed by atoms with Gasteiger partial charge in [0.2, 0.25) is 0 Å². The molecule has 0 aromatic heterocycles. The number of carbonyl (C=O) groups excluding carboxylic acids is 1. The fourth-order valence-electron chi connectivity index (χ4n) is 3.19. The molecule has 0 saturated carbocycles. The standard InChI is InChI=1S/C25H48NO7P/c1-2-3-4-5-6-7-8-9-10-11-12-13-14-15-16-17-18-19-25(28)33-24(22-27)23-32-34(29,30)31-21-20-26/h6-7,9-10,24,27H,2-5,8,11-23,26H2,1H3,(H,29,30)/b7-6-,10-9-/t24-/m1/s1. The number of hydrogen-bond acceptors (Lipinski definition) is 7. The summed E-state index contributed by atoms with van der Waals surface area (Å²) in [6.45, 7) is 1.23. The van der Waals surface area contributed by atoms with E-state index in [1.54, 1.807) is 0 Å². The third-order valence-corrected chi connectivity index (χ3v) is 6.11. The lowest BCUT2D eigenvalue weighted by atomic mass is 10.1. The second-order valence-corrected chi connectivity index (χ2v) is 9.82. The molecule has 9 heteroatoms. The quantitative estimate of drug-likeness (QED) is 0.0671. The summed E-state index contributed by atoms with van der Waals surface area (Å²) in [5, 5.41) is 9.27. The van der Waals surface area contributed by atoms with E-state index in [0.29, 0.717) is 6.42 Å². The van der Waals surface area contributed by atoms with Crippen LogP contribution in [0.15, 0.2) is 24.3 Å². The lowest BCUT2D eigenvalue weighted by Crippen LogP contribution is -2.27. The summed E-state index contributed by atoms with van der Waals surface area (Å²) in [7, 11) is -4.26. The van der Waals surface area contributed by atoms with Gasteiger partial charge in [-0.05, 0) is 38.5 Å². The Balaban J connectivity index is 3.62. The van der Waals surface area contributed by atoms with Gasteiger partial charge in [-0.1, -0.05) is 76.2 Å². The smallest absolute Gasteiger partial charge is 0.457 e. The van der Waals surface area contributed by atoms with Crippen LogP contribution in [0.4, 0.5) is 0 Å². The minimum absolute atomic E-state index is 0.0705. The molecule has 1 unspecified atom stereocenters. The number of carbonyl (C=O) groups is 1. The van der Waals surface area contributed by atoms with Gasteiger partial charge >= 0.3 is 13.8 Å². The lowest BCUT2D eigenvalue weighted by Gasteiger charge is -2.17. The molecule has 0 aromatic rings. The van der Waals surface area contributed by atoms with Gasteiger partial charge in [-0.15, -0.1) is 0 Å². The van der Waals surface area contributed by atoms with Crippen molar-refractivity contribution in [3.05, 3.63) is 24.3 Å². The van der Waals surface area contributed by atoms with Gasteiger partial charge in [0, 0.05) is 13.0 Å².